The summed E-state index contributed by atoms with van der Waals surface area (Å²) in [5.74, 6) is 0.849. The number of hydrogen-bond acceptors (Lipinski definition) is 6. The van der Waals surface area contributed by atoms with Gasteiger partial charge < -0.3 is 10.2 Å². The summed E-state index contributed by atoms with van der Waals surface area (Å²) in [5.41, 5.74) is 0. The quantitative estimate of drug-likeness (QED) is 0.789. The van der Waals surface area contributed by atoms with Gasteiger partial charge in [-0.2, -0.15) is 5.10 Å². The lowest BCUT2D eigenvalue weighted by Crippen LogP contribution is -2.43. The van der Waals surface area contributed by atoms with Crippen LogP contribution in [0.3, 0.4) is 0 Å². The summed E-state index contributed by atoms with van der Waals surface area (Å²) in [6.07, 6.45) is 10.3. The van der Waals surface area contributed by atoms with Gasteiger partial charge in [-0.05, 0) is 31.9 Å². The van der Waals surface area contributed by atoms with E-state index < -0.39 is 0 Å². The lowest BCUT2D eigenvalue weighted by atomic mass is 10.1. The van der Waals surface area contributed by atoms with E-state index in [-0.39, 0.29) is 0 Å². The molecule has 0 bridgehead atoms. The summed E-state index contributed by atoms with van der Waals surface area (Å²) in [5, 5.41) is 7.73. The Morgan fingerprint density at radius 3 is 2.71 bits per heavy atom. The van der Waals surface area contributed by atoms with Gasteiger partial charge in [0.25, 0.3) is 0 Å². The zero-order valence-electron chi connectivity index (χ0n) is 12.1. The van der Waals surface area contributed by atoms with Crippen LogP contribution in [-0.2, 0) is 6.54 Å². The van der Waals surface area contributed by atoms with Crippen LogP contribution in [0, 0.1) is 0 Å². The Bertz CT molecular complexity index is 505. The van der Waals surface area contributed by atoms with Crippen molar-refractivity contribution in [2.45, 2.75) is 31.8 Å². The second kappa shape index (κ2) is 7.12. The highest BCUT2D eigenvalue weighted by Gasteiger charge is 2.19. The topological polar surface area (TPSA) is 71.8 Å². The summed E-state index contributed by atoms with van der Waals surface area (Å²) in [6.45, 7) is 3.98. The Hall–Kier alpha value is -2.02. The molecule has 7 nitrogen and oxygen atoms in total. The van der Waals surface area contributed by atoms with Crippen LogP contribution in [0.4, 0.5) is 5.95 Å². The van der Waals surface area contributed by atoms with E-state index in [2.05, 4.69) is 30.3 Å². The minimum atomic E-state index is 0.598. The lowest BCUT2D eigenvalue weighted by molar-refractivity contribution is 0.402. The van der Waals surface area contributed by atoms with Crippen molar-refractivity contribution < 1.29 is 0 Å². The fourth-order valence-corrected chi connectivity index (χ4v) is 2.63. The first-order valence-corrected chi connectivity index (χ1v) is 7.49. The van der Waals surface area contributed by atoms with Gasteiger partial charge >= 0.3 is 0 Å². The standard InChI is InChI=1S/C14H21N7/c1-5-17-14(18-6-1)20-9-3-13(4-10-20)16-7-2-8-21-12-15-11-19-21/h1,5-6,11-13,16H,2-4,7-10H2. The summed E-state index contributed by atoms with van der Waals surface area (Å²) < 4.78 is 1.87. The number of nitrogens with one attached hydrogen (secondary N) is 1. The van der Waals surface area contributed by atoms with Gasteiger partial charge in [-0.25, -0.2) is 15.0 Å². The van der Waals surface area contributed by atoms with Gasteiger partial charge in [0.05, 0.1) is 0 Å². The third-order valence-electron chi connectivity index (χ3n) is 3.79. The van der Waals surface area contributed by atoms with E-state index in [1.165, 1.54) is 0 Å². The maximum absolute atomic E-state index is 4.31. The largest absolute Gasteiger partial charge is 0.341 e. The predicted molar refractivity (Wildman–Crippen MR) is 79.9 cm³/mol. The van der Waals surface area contributed by atoms with Gasteiger partial charge in [-0.3, -0.25) is 4.68 Å². The van der Waals surface area contributed by atoms with Gasteiger partial charge in [0.15, 0.2) is 0 Å². The Labute approximate surface area is 124 Å². The first-order chi connectivity index (χ1) is 10.4. The molecule has 7 heteroatoms. The average Bonchev–Trinajstić information content (AvgIpc) is 3.06. The zero-order chi connectivity index (χ0) is 14.3. The summed E-state index contributed by atoms with van der Waals surface area (Å²) in [4.78, 5) is 14.8. The van der Waals surface area contributed by atoms with Crippen LogP contribution in [0.2, 0.25) is 0 Å². The molecule has 3 heterocycles. The highest BCUT2D eigenvalue weighted by atomic mass is 15.3. The lowest BCUT2D eigenvalue weighted by Gasteiger charge is -2.32. The van der Waals surface area contributed by atoms with Crippen LogP contribution in [0.5, 0.6) is 0 Å². The molecule has 1 saturated heterocycles. The van der Waals surface area contributed by atoms with Crippen molar-refractivity contribution in [1.82, 2.24) is 30.0 Å². The van der Waals surface area contributed by atoms with E-state index in [1.54, 1.807) is 25.0 Å². The first-order valence-electron chi connectivity index (χ1n) is 7.49. The molecule has 0 saturated carbocycles. The van der Waals surface area contributed by atoms with Crippen molar-refractivity contribution in [2.24, 2.45) is 0 Å². The Balaban J connectivity index is 1.34. The number of piperidine rings is 1. The first kappa shape index (κ1) is 13.9. The van der Waals surface area contributed by atoms with Crippen LogP contribution >= 0.6 is 0 Å². The minimum absolute atomic E-state index is 0.598. The fraction of sp³-hybridized carbons (Fsp3) is 0.571. The second-order valence-electron chi connectivity index (χ2n) is 5.28. The molecule has 0 aromatic carbocycles. The number of aromatic nitrogens is 5. The van der Waals surface area contributed by atoms with Gasteiger partial charge in [0.1, 0.15) is 12.7 Å². The molecule has 0 aliphatic carbocycles. The molecule has 1 N–H and O–H groups in total. The van der Waals surface area contributed by atoms with Crippen LogP contribution in [0.15, 0.2) is 31.1 Å². The number of rotatable bonds is 6. The molecule has 3 rings (SSSR count). The van der Waals surface area contributed by atoms with Gasteiger partial charge in [0.2, 0.25) is 5.95 Å². The third-order valence-corrected chi connectivity index (χ3v) is 3.79. The highest BCUT2D eigenvalue weighted by Crippen LogP contribution is 2.15. The molecular formula is C14H21N7. The van der Waals surface area contributed by atoms with E-state index in [1.807, 2.05) is 10.7 Å². The van der Waals surface area contributed by atoms with Crippen molar-refractivity contribution in [3.63, 3.8) is 0 Å². The summed E-state index contributed by atoms with van der Waals surface area (Å²) in [7, 11) is 0. The van der Waals surface area contributed by atoms with Gasteiger partial charge in [0, 0.05) is 38.1 Å². The molecule has 2 aromatic rings. The molecule has 1 aliphatic rings. The maximum atomic E-state index is 4.31. The second-order valence-corrected chi connectivity index (χ2v) is 5.28. The van der Waals surface area contributed by atoms with Crippen molar-refractivity contribution in [3.05, 3.63) is 31.1 Å². The average molecular weight is 287 g/mol. The molecule has 2 aromatic heterocycles. The molecule has 0 spiro atoms. The van der Waals surface area contributed by atoms with E-state index in [0.29, 0.717) is 6.04 Å². The maximum Gasteiger partial charge on any atom is 0.225 e. The van der Waals surface area contributed by atoms with Crippen LogP contribution in [-0.4, -0.2) is 50.4 Å². The van der Waals surface area contributed by atoms with Crippen molar-refractivity contribution in [2.75, 3.05) is 24.5 Å². The van der Waals surface area contributed by atoms with Crippen molar-refractivity contribution in [1.29, 1.82) is 0 Å². The molecule has 112 valence electrons. The van der Waals surface area contributed by atoms with E-state index in [9.17, 15) is 0 Å². The van der Waals surface area contributed by atoms with Gasteiger partial charge in [-0.15, -0.1) is 0 Å². The molecule has 0 unspecified atom stereocenters. The fourth-order valence-electron chi connectivity index (χ4n) is 2.63. The molecule has 21 heavy (non-hydrogen) atoms. The highest BCUT2D eigenvalue weighted by molar-refractivity contribution is 5.29. The van der Waals surface area contributed by atoms with Crippen LogP contribution in [0.25, 0.3) is 0 Å². The monoisotopic (exact) mass is 287 g/mol. The van der Waals surface area contributed by atoms with Gasteiger partial charge in [-0.1, -0.05) is 0 Å². The number of nitrogens with zero attached hydrogens (tertiary/aromatic N) is 6. The predicted octanol–water partition coefficient (Wildman–Crippen LogP) is 0.717. The Morgan fingerprint density at radius 1 is 1.19 bits per heavy atom. The Kier molecular flexibility index (Phi) is 4.73. The minimum Gasteiger partial charge on any atom is -0.341 e. The molecule has 0 radical (unpaired) electrons. The number of hydrogen-bond donors (Lipinski definition) is 1. The SMILES string of the molecule is c1cnc(N2CCC(NCCCn3cncn3)CC2)nc1. The third kappa shape index (κ3) is 3.98. The number of anilines is 1. The Morgan fingerprint density at radius 2 is 2.00 bits per heavy atom. The van der Waals surface area contributed by atoms with Crippen LogP contribution in [0.1, 0.15) is 19.3 Å². The molecule has 0 atom stereocenters. The normalized spacial score (nSPS) is 16.3. The summed E-state index contributed by atoms with van der Waals surface area (Å²) >= 11 is 0. The number of aryl methyl sites for hydroxylation is 1. The smallest absolute Gasteiger partial charge is 0.225 e. The molecule has 1 fully saturated rings. The summed E-state index contributed by atoms with van der Waals surface area (Å²) in [6, 6.07) is 2.45. The van der Waals surface area contributed by atoms with Crippen molar-refractivity contribution in [3.8, 4) is 0 Å². The molecule has 1 aliphatic heterocycles. The van der Waals surface area contributed by atoms with Crippen LogP contribution < -0.4 is 10.2 Å². The van der Waals surface area contributed by atoms with E-state index >= 15 is 0 Å². The van der Waals surface area contributed by atoms with E-state index in [4.69, 9.17) is 0 Å². The molecule has 0 amide bonds. The zero-order valence-corrected chi connectivity index (χ0v) is 12.1. The van der Waals surface area contributed by atoms with Crippen molar-refractivity contribution >= 4 is 5.95 Å². The molecular weight excluding hydrogens is 266 g/mol. The van der Waals surface area contributed by atoms with E-state index in [0.717, 1.165) is 51.4 Å².